The van der Waals surface area contributed by atoms with Crippen molar-refractivity contribution < 1.29 is 4.79 Å². The zero-order valence-corrected chi connectivity index (χ0v) is 8.74. The van der Waals surface area contributed by atoms with E-state index < -0.39 is 0 Å². The van der Waals surface area contributed by atoms with Crippen molar-refractivity contribution in [2.75, 3.05) is 11.4 Å². The van der Waals surface area contributed by atoms with E-state index in [0.29, 0.717) is 13.0 Å². The Morgan fingerprint density at radius 3 is 3.07 bits per heavy atom. The highest BCUT2D eigenvalue weighted by Crippen LogP contribution is 2.23. The summed E-state index contributed by atoms with van der Waals surface area (Å²) >= 11 is 5.92. The van der Waals surface area contributed by atoms with Crippen molar-refractivity contribution in [3.63, 3.8) is 0 Å². The number of alkyl halides is 1. The summed E-state index contributed by atoms with van der Waals surface area (Å²) in [6, 6.07) is 1.84. The molecule has 4 nitrogen and oxygen atoms in total. The summed E-state index contributed by atoms with van der Waals surface area (Å²) in [5.74, 6) is 0.931. The quantitative estimate of drug-likeness (QED) is 0.694. The molecule has 0 aliphatic carbocycles. The van der Waals surface area contributed by atoms with E-state index in [0.717, 1.165) is 12.4 Å². The Morgan fingerprint density at radius 1 is 1.71 bits per heavy atom. The van der Waals surface area contributed by atoms with Gasteiger partial charge < -0.3 is 0 Å². The monoisotopic (exact) mass is 213 g/mol. The second-order valence-corrected chi connectivity index (χ2v) is 3.93. The van der Waals surface area contributed by atoms with Crippen LogP contribution in [0.5, 0.6) is 0 Å². The van der Waals surface area contributed by atoms with E-state index >= 15 is 0 Å². The summed E-state index contributed by atoms with van der Waals surface area (Å²) in [5, 5.41) is 4.05. The molecule has 0 bridgehead atoms. The van der Waals surface area contributed by atoms with Crippen molar-refractivity contribution in [1.82, 2.24) is 9.78 Å². The van der Waals surface area contributed by atoms with Crippen molar-refractivity contribution in [2.24, 2.45) is 0 Å². The summed E-state index contributed by atoms with van der Waals surface area (Å²) in [6.07, 6.45) is 2.13. The summed E-state index contributed by atoms with van der Waals surface area (Å²) in [5.41, 5.74) is 0. The molecule has 1 aromatic rings. The molecule has 0 N–H and O–H groups in total. The Bertz CT molecular complexity index is 350. The summed E-state index contributed by atoms with van der Waals surface area (Å²) in [6.45, 7) is 3.35. The highest BCUT2D eigenvalue weighted by atomic mass is 35.5. The number of hydrogen-bond acceptors (Lipinski definition) is 2. The van der Waals surface area contributed by atoms with Crippen LogP contribution >= 0.6 is 11.6 Å². The molecule has 14 heavy (non-hydrogen) atoms. The van der Waals surface area contributed by atoms with Crippen LogP contribution in [0.2, 0.25) is 0 Å². The van der Waals surface area contributed by atoms with Gasteiger partial charge in [0.25, 0.3) is 0 Å². The molecule has 1 aliphatic rings. The van der Waals surface area contributed by atoms with Crippen molar-refractivity contribution in [1.29, 1.82) is 0 Å². The molecule has 5 heteroatoms. The van der Waals surface area contributed by atoms with Crippen LogP contribution in [-0.4, -0.2) is 27.6 Å². The van der Waals surface area contributed by atoms with Gasteiger partial charge in [-0.2, -0.15) is 5.10 Å². The van der Waals surface area contributed by atoms with E-state index in [1.165, 1.54) is 0 Å². The first-order chi connectivity index (χ1) is 6.72. The molecule has 0 radical (unpaired) electrons. The van der Waals surface area contributed by atoms with Gasteiger partial charge >= 0.3 is 0 Å². The van der Waals surface area contributed by atoms with E-state index in [4.69, 9.17) is 11.6 Å². The van der Waals surface area contributed by atoms with Crippen LogP contribution in [0.1, 0.15) is 13.3 Å². The van der Waals surface area contributed by atoms with Crippen LogP contribution in [0.4, 0.5) is 5.82 Å². The first-order valence-electron chi connectivity index (χ1n) is 4.68. The van der Waals surface area contributed by atoms with Gasteiger partial charge in [0, 0.05) is 25.6 Å². The minimum atomic E-state index is -0.0669. The van der Waals surface area contributed by atoms with Crippen LogP contribution in [0.15, 0.2) is 12.3 Å². The maximum atomic E-state index is 11.6. The average Bonchev–Trinajstić information content (AvgIpc) is 2.71. The van der Waals surface area contributed by atoms with Crippen molar-refractivity contribution >= 4 is 23.3 Å². The van der Waals surface area contributed by atoms with Gasteiger partial charge in [-0.1, -0.05) is 0 Å². The van der Waals surface area contributed by atoms with Crippen LogP contribution in [-0.2, 0) is 11.3 Å². The first kappa shape index (κ1) is 9.52. The molecule has 1 amide bonds. The Balaban J connectivity index is 2.27. The van der Waals surface area contributed by atoms with E-state index in [9.17, 15) is 4.79 Å². The maximum absolute atomic E-state index is 11.6. The molecule has 1 atom stereocenters. The van der Waals surface area contributed by atoms with Gasteiger partial charge in [-0.3, -0.25) is 9.69 Å². The van der Waals surface area contributed by atoms with E-state index in [1.54, 1.807) is 15.8 Å². The van der Waals surface area contributed by atoms with Crippen molar-refractivity contribution in [3.8, 4) is 0 Å². The number of halogens is 1. The number of carbonyl (C=O) groups is 1. The number of hydrogen-bond donors (Lipinski definition) is 0. The highest BCUT2D eigenvalue weighted by molar-refractivity contribution is 6.24. The predicted octanol–water partition coefficient (Wildman–Crippen LogP) is 1.25. The molecular formula is C9H12ClN3O. The molecule has 0 aromatic carbocycles. The van der Waals surface area contributed by atoms with Crippen LogP contribution in [0.3, 0.4) is 0 Å². The van der Waals surface area contributed by atoms with Gasteiger partial charge in [0.15, 0.2) is 0 Å². The molecule has 1 aliphatic heterocycles. The molecule has 1 unspecified atom stereocenters. The van der Waals surface area contributed by atoms with Gasteiger partial charge in [-0.05, 0) is 6.92 Å². The lowest BCUT2D eigenvalue weighted by atomic mass is 10.4. The number of anilines is 1. The molecule has 2 rings (SSSR count). The molecule has 76 valence electrons. The lowest BCUT2D eigenvalue weighted by Crippen LogP contribution is -2.27. The van der Waals surface area contributed by atoms with Gasteiger partial charge in [-0.25, -0.2) is 4.68 Å². The molecule has 0 saturated carbocycles. The molecular weight excluding hydrogens is 202 g/mol. The SMILES string of the molecule is CCn1nccc1N1CC(Cl)CC1=O. The second-order valence-electron chi connectivity index (χ2n) is 3.31. The second kappa shape index (κ2) is 3.61. The number of rotatable bonds is 2. The molecule has 1 saturated heterocycles. The van der Waals surface area contributed by atoms with Crippen LogP contribution in [0, 0.1) is 0 Å². The number of aromatic nitrogens is 2. The third-order valence-corrected chi connectivity index (χ3v) is 2.64. The number of nitrogens with zero attached hydrogens (tertiary/aromatic N) is 3. The molecule has 1 aromatic heterocycles. The molecule has 0 spiro atoms. The lowest BCUT2D eigenvalue weighted by Gasteiger charge is -2.16. The summed E-state index contributed by atoms with van der Waals surface area (Å²) in [7, 11) is 0. The standard InChI is InChI=1S/C9H12ClN3O/c1-2-13-8(3-4-11-13)12-6-7(10)5-9(12)14/h3-4,7H,2,5-6H2,1H3. The van der Waals surface area contributed by atoms with Gasteiger partial charge in [0.1, 0.15) is 5.82 Å². The Hall–Kier alpha value is -1.03. The predicted molar refractivity (Wildman–Crippen MR) is 54.5 cm³/mol. The number of carbonyl (C=O) groups excluding carboxylic acids is 1. The van der Waals surface area contributed by atoms with Gasteiger partial charge in [0.05, 0.1) is 11.6 Å². The van der Waals surface area contributed by atoms with E-state index in [-0.39, 0.29) is 11.3 Å². The maximum Gasteiger partial charge on any atom is 0.229 e. The number of aryl methyl sites for hydroxylation is 1. The van der Waals surface area contributed by atoms with Gasteiger partial charge in [-0.15, -0.1) is 11.6 Å². The zero-order valence-electron chi connectivity index (χ0n) is 7.98. The fraction of sp³-hybridized carbons (Fsp3) is 0.556. The summed E-state index contributed by atoms with van der Waals surface area (Å²) in [4.78, 5) is 13.3. The van der Waals surface area contributed by atoms with Crippen molar-refractivity contribution in [3.05, 3.63) is 12.3 Å². The van der Waals surface area contributed by atoms with E-state index in [1.807, 2.05) is 13.0 Å². The van der Waals surface area contributed by atoms with Crippen molar-refractivity contribution in [2.45, 2.75) is 25.3 Å². The fourth-order valence-corrected chi connectivity index (χ4v) is 1.95. The minimum Gasteiger partial charge on any atom is -0.295 e. The van der Waals surface area contributed by atoms with Crippen LogP contribution < -0.4 is 4.90 Å². The van der Waals surface area contributed by atoms with Crippen LogP contribution in [0.25, 0.3) is 0 Å². The Morgan fingerprint density at radius 2 is 2.50 bits per heavy atom. The normalized spacial score (nSPS) is 22.0. The summed E-state index contributed by atoms with van der Waals surface area (Å²) < 4.78 is 1.80. The number of amides is 1. The van der Waals surface area contributed by atoms with Gasteiger partial charge in [0.2, 0.25) is 5.91 Å². The first-order valence-corrected chi connectivity index (χ1v) is 5.12. The smallest absolute Gasteiger partial charge is 0.229 e. The average molecular weight is 214 g/mol. The topological polar surface area (TPSA) is 38.1 Å². The highest BCUT2D eigenvalue weighted by Gasteiger charge is 2.30. The largest absolute Gasteiger partial charge is 0.295 e. The lowest BCUT2D eigenvalue weighted by molar-refractivity contribution is -0.117. The third kappa shape index (κ3) is 1.50. The third-order valence-electron chi connectivity index (χ3n) is 2.35. The molecule has 2 heterocycles. The van der Waals surface area contributed by atoms with E-state index in [2.05, 4.69) is 5.10 Å². The fourth-order valence-electron chi connectivity index (χ4n) is 1.68. The molecule has 1 fully saturated rings. The Kier molecular flexibility index (Phi) is 2.46. The Labute approximate surface area is 87.4 Å². The minimum absolute atomic E-state index is 0.0669. The zero-order chi connectivity index (χ0) is 10.1.